The summed E-state index contributed by atoms with van der Waals surface area (Å²) in [6.07, 6.45) is 39.9. The van der Waals surface area contributed by atoms with Crippen molar-refractivity contribution in [3.05, 3.63) is 60.0 Å². The number of rotatable bonds is 8. The van der Waals surface area contributed by atoms with Gasteiger partial charge in [-0.2, -0.15) is 0 Å². The molecular formula is C46H85Fe2NP2. The first kappa shape index (κ1) is 54.2. The van der Waals surface area contributed by atoms with Gasteiger partial charge in [0.25, 0.3) is 0 Å². The van der Waals surface area contributed by atoms with E-state index in [1.807, 2.05) is 0 Å². The Morgan fingerprint density at radius 3 is 1.22 bits per heavy atom. The average Bonchev–Trinajstić information content (AvgIpc) is 3.93. The zero-order valence-corrected chi connectivity index (χ0v) is 38.9. The summed E-state index contributed by atoms with van der Waals surface area (Å²) in [5.41, 5.74) is 5.54. The van der Waals surface area contributed by atoms with Crippen molar-refractivity contribution in [1.29, 1.82) is 0 Å². The van der Waals surface area contributed by atoms with Crippen LogP contribution in [0.5, 0.6) is 0 Å². The van der Waals surface area contributed by atoms with Gasteiger partial charge < -0.3 is 34.6 Å². The molecule has 1 aromatic carbocycles. The molecule has 6 aliphatic rings. The maximum atomic E-state index is 2.45. The molecule has 0 bridgehead atoms. The molecule has 51 heavy (non-hydrogen) atoms. The predicted molar refractivity (Wildman–Crippen MR) is 231 cm³/mol. The first-order chi connectivity index (χ1) is 22.1. The van der Waals surface area contributed by atoms with Gasteiger partial charge in [0.2, 0.25) is 0 Å². The third-order valence-electron chi connectivity index (χ3n) is 13.1. The van der Waals surface area contributed by atoms with Crippen molar-refractivity contribution >= 4 is 21.1 Å². The van der Waals surface area contributed by atoms with Crippen LogP contribution in [0.4, 0.5) is 0 Å². The van der Waals surface area contributed by atoms with Crippen molar-refractivity contribution < 1.29 is 34.1 Å². The third kappa shape index (κ3) is 16.6. The zero-order chi connectivity index (χ0) is 31.3. The fraction of sp³-hybridized carbons (Fsp3) is 0.783. The molecule has 0 heterocycles. The molecule has 5 heteroatoms. The number of hydrogen-bond acceptors (Lipinski definition) is 1. The maximum absolute atomic E-state index is 2.45. The molecule has 0 aliphatic heterocycles. The Hall–Kier alpha value is 1.08. The number of nitrogens with zero attached hydrogens (tertiary/aromatic N) is 1. The van der Waals surface area contributed by atoms with Crippen LogP contribution in [0, 0.1) is 35.6 Å². The summed E-state index contributed by atoms with van der Waals surface area (Å²) < 4.78 is 0. The molecule has 1 nitrogen and oxygen atoms in total. The van der Waals surface area contributed by atoms with Gasteiger partial charge in [0.1, 0.15) is 0 Å². The Kier molecular flexibility index (Phi) is 32.1. The quantitative estimate of drug-likeness (QED) is 0.143. The Labute approximate surface area is 346 Å². The smallest absolute Gasteiger partial charge is 0.358 e. The van der Waals surface area contributed by atoms with Crippen molar-refractivity contribution in [2.75, 3.05) is 14.1 Å². The van der Waals surface area contributed by atoms with Gasteiger partial charge in [0, 0.05) is 6.04 Å². The van der Waals surface area contributed by atoms with Gasteiger partial charge in [-0.1, -0.05) is 149 Å². The molecule has 0 saturated heterocycles. The van der Waals surface area contributed by atoms with Crippen LogP contribution in [0.25, 0.3) is 0 Å². The van der Waals surface area contributed by atoms with Crippen molar-refractivity contribution in [2.45, 2.75) is 208 Å². The summed E-state index contributed by atoms with van der Waals surface area (Å²) in [5.74, 6) is 0.905. The van der Waals surface area contributed by atoms with E-state index in [2.05, 4.69) is 56.3 Å². The van der Waals surface area contributed by atoms with E-state index < -0.39 is 0 Å². The molecule has 4 atom stereocenters. The fourth-order valence-electron chi connectivity index (χ4n) is 10.5. The van der Waals surface area contributed by atoms with E-state index >= 15 is 0 Å². The summed E-state index contributed by atoms with van der Waals surface area (Å²) in [6.45, 7) is 2.45. The third-order valence-corrected chi connectivity index (χ3v) is 20.7. The zero-order valence-electron chi connectivity index (χ0n) is 34.9. The molecule has 3 unspecified atom stereocenters. The molecule has 0 radical (unpaired) electrons. The van der Waals surface area contributed by atoms with Gasteiger partial charge in [-0.15, -0.1) is 0 Å². The standard InChI is InChI=1S/C20H32NP.C17H31P.C5H10.4CH3.2Fe/c1-16(21(2)3)19-14-9-15-20(19)22(18-12-7-8-13-18)17-10-5-4-6-11-17;1-3-9-15(10-4-1)18(17-13-7-8-14-17)16-11-5-2-6-12-16;1-2-4-5-3-1;;;;;;/h4-6,10-11,16,18-20H,7-9,12-15H2,1-3H3;15-17H,1-14H2;1-5H2;4*1H3;;/q;;;4*-1;2*+2/t16-,19?,20?,22?;;;;;;;;/m0......../s1. The van der Waals surface area contributed by atoms with Crippen molar-refractivity contribution in [1.82, 2.24) is 4.90 Å². The second-order valence-electron chi connectivity index (χ2n) is 16.3. The normalized spacial score (nSPS) is 25.2. The molecule has 0 N–H and O–H groups in total. The molecule has 300 valence electrons. The molecule has 6 aliphatic carbocycles. The summed E-state index contributed by atoms with van der Waals surface area (Å²) in [6, 6.07) is 12.3. The molecule has 1 aromatic rings. The molecule has 6 saturated carbocycles. The van der Waals surface area contributed by atoms with E-state index in [-0.39, 0.29) is 71.8 Å². The van der Waals surface area contributed by atoms with Crippen LogP contribution in [0.3, 0.4) is 0 Å². The van der Waals surface area contributed by atoms with E-state index in [1.165, 1.54) is 107 Å². The molecule has 0 spiro atoms. The Morgan fingerprint density at radius 1 is 0.471 bits per heavy atom. The van der Waals surface area contributed by atoms with Crippen LogP contribution in [0.15, 0.2) is 30.3 Å². The summed E-state index contributed by atoms with van der Waals surface area (Å²) >= 11 is 0. The SMILES string of the molecule is C1CCC(P(C2CCCCC2)C2CCCC2)CC1.C1CCCC1.C[C@@H](C1CCCC1P(c1ccccc1)C1CCCC1)N(C)C.[CH3-].[CH3-].[CH3-].[CH3-].[Fe+2].[Fe+2]. The number of benzene rings is 1. The second-order valence-corrected chi connectivity index (χ2v) is 22.1. The minimum absolute atomic E-state index is 0. The van der Waals surface area contributed by atoms with Crippen molar-refractivity contribution in [3.63, 3.8) is 0 Å². The van der Waals surface area contributed by atoms with E-state index in [4.69, 9.17) is 0 Å². The summed E-state index contributed by atoms with van der Waals surface area (Å²) in [7, 11) is 4.95. The van der Waals surface area contributed by atoms with E-state index in [1.54, 1.807) is 82.4 Å². The van der Waals surface area contributed by atoms with Crippen molar-refractivity contribution in [3.8, 4) is 0 Å². The number of hydrogen-bond donors (Lipinski definition) is 0. The predicted octanol–water partition coefficient (Wildman–Crippen LogP) is 14.7. The van der Waals surface area contributed by atoms with Crippen LogP contribution in [-0.2, 0) is 34.1 Å². The first-order valence-electron chi connectivity index (χ1n) is 20.4. The van der Waals surface area contributed by atoms with Gasteiger partial charge in [-0.3, -0.25) is 0 Å². The fourth-order valence-corrected chi connectivity index (χ4v) is 19.2. The van der Waals surface area contributed by atoms with Crippen LogP contribution in [0.1, 0.15) is 174 Å². The Balaban J connectivity index is 0. The van der Waals surface area contributed by atoms with Crippen LogP contribution in [-0.4, -0.2) is 53.3 Å². The monoisotopic (exact) mass is 825 g/mol. The first-order valence-corrected chi connectivity index (χ1v) is 23.4. The van der Waals surface area contributed by atoms with E-state index in [0.29, 0.717) is 7.92 Å². The van der Waals surface area contributed by atoms with Gasteiger partial charge >= 0.3 is 34.1 Å². The largest absolute Gasteiger partial charge is 2.00 e. The molecular weight excluding hydrogens is 740 g/mol. The maximum Gasteiger partial charge on any atom is 2.00 e. The summed E-state index contributed by atoms with van der Waals surface area (Å²) in [4.78, 5) is 2.45. The second kappa shape index (κ2) is 30.2. The Bertz CT molecular complexity index is 877. The van der Waals surface area contributed by atoms with Crippen LogP contribution < -0.4 is 5.30 Å². The van der Waals surface area contributed by atoms with E-state index in [0.717, 1.165) is 23.3 Å². The molecule has 6 fully saturated rings. The molecule has 0 aromatic heterocycles. The Morgan fingerprint density at radius 2 is 0.824 bits per heavy atom. The van der Waals surface area contributed by atoms with Crippen LogP contribution in [0.2, 0.25) is 0 Å². The minimum Gasteiger partial charge on any atom is -0.358 e. The molecule has 7 rings (SSSR count). The van der Waals surface area contributed by atoms with Gasteiger partial charge in [-0.05, 0) is 125 Å². The average molecular weight is 826 g/mol. The van der Waals surface area contributed by atoms with Crippen LogP contribution >= 0.6 is 15.8 Å². The van der Waals surface area contributed by atoms with Gasteiger partial charge in [0.15, 0.2) is 0 Å². The molecule has 0 amide bonds. The van der Waals surface area contributed by atoms with Gasteiger partial charge in [0.05, 0.1) is 0 Å². The topological polar surface area (TPSA) is 3.24 Å². The van der Waals surface area contributed by atoms with Gasteiger partial charge in [-0.25, -0.2) is 0 Å². The van der Waals surface area contributed by atoms with E-state index in [9.17, 15) is 0 Å². The van der Waals surface area contributed by atoms with Crippen molar-refractivity contribution in [2.24, 2.45) is 5.92 Å². The minimum atomic E-state index is 0. The summed E-state index contributed by atoms with van der Waals surface area (Å²) in [5, 5.41) is 1.69.